The van der Waals surface area contributed by atoms with E-state index in [1.54, 1.807) is 36.4 Å². The van der Waals surface area contributed by atoms with Crippen molar-refractivity contribution in [3.8, 4) is 11.5 Å². The summed E-state index contributed by atoms with van der Waals surface area (Å²) >= 11 is 0. The van der Waals surface area contributed by atoms with Crippen LogP contribution < -0.4 is 0 Å². The van der Waals surface area contributed by atoms with Crippen LogP contribution in [0.1, 0.15) is 22.8 Å². The fourth-order valence-electron chi connectivity index (χ4n) is 2.35. The summed E-state index contributed by atoms with van der Waals surface area (Å²) in [6, 6.07) is 17.8. The lowest BCUT2D eigenvalue weighted by molar-refractivity contribution is -0.149. The van der Waals surface area contributed by atoms with Gasteiger partial charge in [-0.05, 0) is 5.92 Å². The minimum Gasteiger partial charge on any atom is -0.434 e. The molecule has 3 nitrogen and oxygen atoms in total. The molecule has 0 amide bonds. The number of carbonyl (C=O) groups is 2. The van der Waals surface area contributed by atoms with Gasteiger partial charge in [-0.25, -0.2) is 0 Å². The van der Waals surface area contributed by atoms with Crippen molar-refractivity contribution in [2.45, 2.75) is 32.2 Å². The van der Waals surface area contributed by atoms with Crippen molar-refractivity contribution in [2.24, 2.45) is 0 Å². The molecule has 0 bridgehead atoms. The van der Waals surface area contributed by atoms with Gasteiger partial charge in [0, 0.05) is 18.1 Å². The number of esters is 1. The van der Waals surface area contributed by atoms with E-state index in [1.807, 2.05) is 24.3 Å². The van der Waals surface area contributed by atoms with Gasteiger partial charge in [-0.1, -0.05) is 80.3 Å². The van der Waals surface area contributed by atoms with Gasteiger partial charge in [0.15, 0.2) is 0 Å². The summed E-state index contributed by atoms with van der Waals surface area (Å²) in [5, 5.41) is 0. The highest BCUT2D eigenvalue weighted by molar-refractivity contribution is 6.83. The summed E-state index contributed by atoms with van der Waals surface area (Å²) in [4.78, 5) is 25.2. The van der Waals surface area contributed by atoms with E-state index in [-0.39, 0.29) is 5.78 Å². The lowest BCUT2D eigenvalue weighted by atomic mass is 9.86. The van der Waals surface area contributed by atoms with Gasteiger partial charge in [0.25, 0.3) is 5.60 Å². The van der Waals surface area contributed by atoms with E-state index in [4.69, 9.17) is 4.74 Å². The highest BCUT2D eigenvalue weighted by atomic mass is 28.3. The molecule has 0 aromatic heterocycles. The third-order valence-corrected chi connectivity index (χ3v) is 4.32. The highest BCUT2D eigenvalue weighted by Crippen LogP contribution is 2.30. The lowest BCUT2D eigenvalue weighted by Crippen LogP contribution is -2.40. The summed E-state index contributed by atoms with van der Waals surface area (Å²) in [6.07, 6.45) is 0. The largest absolute Gasteiger partial charge is 0.434 e. The molecule has 1 atom stereocenters. The van der Waals surface area contributed by atoms with Crippen LogP contribution in [-0.2, 0) is 15.1 Å². The van der Waals surface area contributed by atoms with Gasteiger partial charge in [-0.2, -0.15) is 0 Å². The molecule has 4 heteroatoms. The van der Waals surface area contributed by atoms with Gasteiger partial charge < -0.3 is 4.74 Å². The van der Waals surface area contributed by atoms with E-state index in [0.29, 0.717) is 11.1 Å². The van der Waals surface area contributed by atoms with Crippen molar-refractivity contribution in [2.75, 3.05) is 0 Å². The fourth-order valence-corrected chi connectivity index (χ4v) is 2.90. The molecule has 128 valence electrons. The van der Waals surface area contributed by atoms with E-state index in [0.717, 1.165) is 0 Å². The summed E-state index contributed by atoms with van der Waals surface area (Å²) in [5.74, 6) is 2.16. The number of hydrogen-bond donors (Lipinski definition) is 0. The molecule has 0 radical (unpaired) electrons. The Morgan fingerprint density at radius 2 is 1.44 bits per heavy atom. The number of carbonyl (C=O) groups excluding carboxylic acids is 2. The number of hydrogen-bond acceptors (Lipinski definition) is 3. The van der Waals surface area contributed by atoms with Crippen LogP contribution in [0.15, 0.2) is 60.7 Å². The molecule has 0 fully saturated rings. The first-order valence-electron chi connectivity index (χ1n) is 8.14. The Balaban J connectivity index is 2.72. The quantitative estimate of drug-likeness (QED) is 0.359. The molecule has 0 saturated carbocycles. The molecular formula is C21H22O3Si. The summed E-state index contributed by atoms with van der Waals surface area (Å²) in [6.45, 7) is 7.54. The molecule has 0 N–H and O–H groups in total. The van der Waals surface area contributed by atoms with Crippen LogP contribution in [0.5, 0.6) is 0 Å². The van der Waals surface area contributed by atoms with Crippen LogP contribution in [0.3, 0.4) is 0 Å². The lowest BCUT2D eigenvalue weighted by Gasteiger charge is -2.28. The van der Waals surface area contributed by atoms with Gasteiger partial charge in [-0.15, -0.1) is 5.54 Å². The first-order valence-corrected chi connectivity index (χ1v) is 11.6. The Bertz CT molecular complexity index is 811. The van der Waals surface area contributed by atoms with Crippen molar-refractivity contribution in [3.05, 3.63) is 71.8 Å². The topological polar surface area (TPSA) is 43.4 Å². The number of rotatable bonds is 4. The Morgan fingerprint density at radius 3 is 1.92 bits per heavy atom. The normalized spacial score (nSPS) is 13.1. The zero-order chi connectivity index (χ0) is 18.5. The molecule has 1 unspecified atom stereocenters. The Labute approximate surface area is 150 Å². The molecule has 0 aliphatic carbocycles. The fraction of sp³-hybridized carbons (Fsp3) is 0.238. The average Bonchev–Trinajstić information content (AvgIpc) is 2.58. The van der Waals surface area contributed by atoms with Gasteiger partial charge in [0.05, 0.1) is 0 Å². The monoisotopic (exact) mass is 350 g/mol. The van der Waals surface area contributed by atoms with Crippen LogP contribution in [0.4, 0.5) is 0 Å². The maximum atomic E-state index is 13.4. The Kier molecular flexibility index (Phi) is 5.61. The highest BCUT2D eigenvalue weighted by Gasteiger charge is 2.43. The smallest absolute Gasteiger partial charge is 0.304 e. The van der Waals surface area contributed by atoms with Crippen LogP contribution in [0, 0.1) is 11.5 Å². The van der Waals surface area contributed by atoms with E-state index >= 15 is 0 Å². The van der Waals surface area contributed by atoms with Gasteiger partial charge >= 0.3 is 5.97 Å². The number of ketones is 1. The van der Waals surface area contributed by atoms with E-state index in [9.17, 15) is 9.59 Å². The van der Waals surface area contributed by atoms with Crippen molar-refractivity contribution < 1.29 is 14.3 Å². The average molecular weight is 350 g/mol. The van der Waals surface area contributed by atoms with Crippen molar-refractivity contribution in [3.63, 3.8) is 0 Å². The van der Waals surface area contributed by atoms with Crippen LogP contribution in [-0.4, -0.2) is 19.8 Å². The second kappa shape index (κ2) is 7.50. The minimum atomic E-state index is -1.80. The van der Waals surface area contributed by atoms with Crippen LogP contribution >= 0.6 is 0 Å². The summed E-state index contributed by atoms with van der Waals surface area (Å²) < 4.78 is 5.60. The maximum absolute atomic E-state index is 13.4. The van der Waals surface area contributed by atoms with Crippen molar-refractivity contribution >= 4 is 19.8 Å². The molecular weight excluding hydrogens is 328 g/mol. The molecule has 0 spiro atoms. The molecule has 2 rings (SSSR count). The van der Waals surface area contributed by atoms with Gasteiger partial charge in [-0.3, -0.25) is 9.59 Å². The summed E-state index contributed by atoms with van der Waals surface area (Å²) in [7, 11) is -1.80. The third kappa shape index (κ3) is 4.68. The number of ether oxygens (including phenoxy) is 1. The van der Waals surface area contributed by atoms with E-state index in [2.05, 4.69) is 31.1 Å². The molecule has 0 heterocycles. The number of Topliss-reactive ketones (excluding diaryl/α,β-unsaturated/α-hetero) is 1. The molecule has 2 aromatic rings. The molecule has 25 heavy (non-hydrogen) atoms. The van der Waals surface area contributed by atoms with Crippen LogP contribution in [0.2, 0.25) is 19.6 Å². The van der Waals surface area contributed by atoms with Crippen molar-refractivity contribution in [1.82, 2.24) is 0 Å². The zero-order valence-electron chi connectivity index (χ0n) is 15.0. The van der Waals surface area contributed by atoms with Gasteiger partial charge in [0.2, 0.25) is 5.78 Å². The van der Waals surface area contributed by atoms with E-state index in [1.165, 1.54) is 6.92 Å². The second-order valence-corrected chi connectivity index (χ2v) is 11.6. The second-order valence-electron chi connectivity index (χ2n) is 6.84. The zero-order valence-corrected chi connectivity index (χ0v) is 16.0. The van der Waals surface area contributed by atoms with Crippen LogP contribution in [0.25, 0.3) is 0 Å². The SMILES string of the molecule is CC(=O)OC(C#C[Si](C)(C)C)(C(=O)c1ccccc1)c1ccccc1. The van der Waals surface area contributed by atoms with E-state index < -0.39 is 19.6 Å². The predicted octanol–water partition coefficient (Wildman–Crippen LogP) is 4.21. The predicted molar refractivity (Wildman–Crippen MR) is 102 cm³/mol. The Morgan fingerprint density at radius 1 is 0.920 bits per heavy atom. The molecule has 2 aromatic carbocycles. The Hall–Kier alpha value is -2.64. The minimum absolute atomic E-state index is 0.333. The standard InChI is InChI=1S/C21H22O3Si/c1-17(22)24-21(15-16-25(2,3)4,19-13-9-6-10-14-19)20(23)18-11-7-5-8-12-18/h5-14H,1-4H3. The third-order valence-electron chi connectivity index (χ3n) is 3.45. The van der Waals surface area contributed by atoms with Crippen molar-refractivity contribution in [1.29, 1.82) is 0 Å². The molecule has 0 aliphatic heterocycles. The first kappa shape index (κ1) is 18.7. The molecule has 0 aliphatic rings. The maximum Gasteiger partial charge on any atom is 0.304 e. The molecule has 0 saturated heterocycles. The number of benzene rings is 2. The first-order chi connectivity index (χ1) is 11.7. The summed E-state index contributed by atoms with van der Waals surface area (Å²) in [5.41, 5.74) is 2.59. The van der Waals surface area contributed by atoms with Gasteiger partial charge in [0.1, 0.15) is 8.07 Å².